The molecule has 0 fully saturated rings. The molecule has 0 aliphatic heterocycles. The third-order valence-corrected chi connectivity index (χ3v) is 3.59. The number of rotatable bonds is 4. The zero-order chi connectivity index (χ0) is 16.4. The molecule has 0 radical (unpaired) electrons. The van der Waals surface area contributed by atoms with E-state index >= 15 is 0 Å². The van der Waals surface area contributed by atoms with Crippen molar-refractivity contribution < 1.29 is 18.7 Å². The van der Waals surface area contributed by atoms with Crippen LogP contribution < -0.4 is 9.47 Å². The molecule has 0 unspecified atom stereocenters. The lowest BCUT2D eigenvalue weighted by atomic mass is 10.0. The number of methoxy groups -OCH3 is 2. The van der Waals surface area contributed by atoms with Crippen LogP contribution >= 0.6 is 0 Å². The summed E-state index contributed by atoms with van der Waals surface area (Å²) in [6, 6.07) is 10.7. The molecule has 0 bridgehead atoms. The number of ketones is 1. The van der Waals surface area contributed by atoms with Crippen LogP contribution in [0.3, 0.4) is 0 Å². The molecule has 0 aliphatic rings. The van der Waals surface area contributed by atoms with Gasteiger partial charge in [-0.25, -0.2) is 4.39 Å². The fourth-order valence-corrected chi connectivity index (χ4v) is 2.42. The minimum absolute atomic E-state index is 0.275. The lowest BCUT2D eigenvalue weighted by molar-refractivity contribution is 0.103. The number of hydrogen-bond donors (Lipinski definition) is 0. The number of carbonyl (C=O) groups is 1. The SMILES string of the molecule is COc1cc2ccnc(C(=O)c3ccc(F)cc3)c2cc1OC. The summed E-state index contributed by atoms with van der Waals surface area (Å²) in [5, 5.41) is 1.46. The fourth-order valence-electron chi connectivity index (χ4n) is 2.42. The van der Waals surface area contributed by atoms with Gasteiger partial charge in [-0.15, -0.1) is 0 Å². The molecule has 5 heteroatoms. The van der Waals surface area contributed by atoms with E-state index in [4.69, 9.17) is 9.47 Å². The Hall–Kier alpha value is -2.95. The van der Waals surface area contributed by atoms with Gasteiger partial charge in [0.05, 0.1) is 14.2 Å². The van der Waals surface area contributed by atoms with Crippen LogP contribution in [-0.2, 0) is 0 Å². The molecule has 2 aromatic carbocycles. The number of halogens is 1. The first kappa shape index (κ1) is 15.0. The Bertz CT molecular complexity index is 875. The maximum atomic E-state index is 13.0. The van der Waals surface area contributed by atoms with Crippen molar-refractivity contribution in [2.24, 2.45) is 0 Å². The quantitative estimate of drug-likeness (QED) is 0.690. The molecule has 0 saturated heterocycles. The van der Waals surface area contributed by atoms with E-state index in [0.717, 1.165) is 5.39 Å². The summed E-state index contributed by atoms with van der Waals surface area (Å²) in [6.07, 6.45) is 1.56. The summed E-state index contributed by atoms with van der Waals surface area (Å²) in [4.78, 5) is 16.9. The summed E-state index contributed by atoms with van der Waals surface area (Å²) < 4.78 is 23.6. The number of ether oxygens (including phenoxy) is 2. The van der Waals surface area contributed by atoms with E-state index in [1.165, 1.54) is 31.4 Å². The van der Waals surface area contributed by atoms with Gasteiger partial charge in [-0.2, -0.15) is 0 Å². The van der Waals surface area contributed by atoms with Gasteiger partial charge in [-0.05, 0) is 47.9 Å². The van der Waals surface area contributed by atoms with Crippen molar-refractivity contribution in [2.45, 2.75) is 0 Å². The highest BCUT2D eigenvalue weighted by Crippen LogP contribution is 2.33. The average Bonchev–Trinajstić information content (AvgIpc) is 2.60. The van der Waals surface area contributed by atoms with Crippen LogP contribution in [0.15, 0.2) is 48.7 Å². The third kappa shape index (κ3) is 2.73. The van der Waals surface area contributed by atoms with Crippen molar-refractivity contribution in [1.82, 2.24) is 4.98 Å². The smallest absolute Gasteiger partial charge is 0.211 e. The third-order valence-electron chi connectivity index (χ3n) is 3.59. The van der Waals surface area contributed by atoms with Crippen LogP contribution in [0.2, 0.25) is 0 Å². The Morgan fingerprint density at radius 3 is 2.30 bits per heavy atom. The highest BCUT2D eigenvalue weighted by Gasteiger charge is 2.16. The van der Waals surface area contributed by atoms with Gasteiger partial charge in [0.2, 0.25) is 5.78 Å². The van der Waals surface area contributed by atoms with Crippen LogP contribution in [0.25, 0.3) is 10.8 Å². The second-order valence-corrected chi connectivity index (χ2v) is 4.92. The summed E-state index contributed by atoms with van der Waals surface area (Å²) in [5.41, 5.74) is 0.663. The van der Waals surface area contributed by atoms with Crippen molar-refractivity contribution in [2.75, 3.05) is 14.2 Å². The summed E-state index contributed by atoms with van der Waals surface area (Å²) in [7, 11) is 3.08. The molecule has 116 valence electrons. The van der Waals surface area contributed by atoms with Crippen LogP contribution in [0.1, 0.15) is 16.1 Å². The van der Waals surface area contributed by atoms with Gasteiger partial charge in [0.25, 0.3) is 0 Å². The van der Waals surface area contributed by atoms with Gasteiger partial charge >= 0.3 is 0 Å². The van der Waals surface area contributed by atoms with E-state index in [1.807, 2.05) is 0 Å². The highest BCUT2D eigenvalue weighted by molar-refractivity contribution is 6.15. The lowest BCUT2D eigenvalue weighted by Gasteiger charge is -2.11. The van der Waals surface area contributed by atoms with Crippen LogP contribution in [0.4, 0.5) is 4.39 Å². The largest absolute Gasteiger partial charge is 0.493 e. The molecule has 3 rings (SSSR count). The Morgan fingerprint density at radius 2 is 1.65 bits per heavy atom. The van der Waals surface area contributed by atoms with Crippen molar-refractivity contribution in [1.29, 1.82) is 0 Å². The zero-order valence-electron chi connectivity index (χ0n) is 12.7. The topological polar surface area (TPSA) is 48.4 Å². The van der Waals surface area contributed by atoms with Gasteiger partial charge in [-0.3, -0.25) is 9.78 Å². The van der Waals surface area contributed by atoms with Crippen LogP contribution in [0.5, 0.6) is 11.5 Å². The predicted molar refractivity (Wildman–Crippen MR) is 84.7 cm³/mol. The molecule has 0 aliphatic carbocycles. The van der Waals surface area contributed by atoms with Crippen molar-refractivity contribution in [3.05, 3.63) is 65.7 Å². The molecule has 0 N–H and O–H groups in total. The minimum atomic E-state index is -0.390. The second kappa shape index (κ2) is 6.04. The van der Waals surface area contributed by atoms with Gasteiger partial charge in [0.15, 0.2) is 11.5 Å². The van der Waals surface area contributed by atoms with E-state index in [1.54, 1.807) is 31.5 Å². The van der Waals surface area contributed by atoms with Gasteiger partial charge in [-0.1, -0.05) is 0 Å². The van der Waals surface area contributed by atoms with E-state index in [2.05, 4.69) is 4.98 Å². The van der Waals surface area contributed by atoms with Crippen molar-refractivity contribution >= 4 is 16.6 Å². The monoisotopic (exact) mass is 311 g/mol. The number of hydrogen-bond acceptors (Lipinski definition) is 4. The molecule has 4 nitrogen and oxygen atoms in total. The van der Waals surface area contributed by atoms with Crippen molar-refractivity contribution in [3.63, 3.8) is 0 Å². The number of carbonyl (C=O) groups excluding carboxylic acids is 1. The molecule has 0 atom stereocenters. The first-order chi connectivity index (χ1) is 11.1. The predicted octanol–water partition coefficient (Wildman–Crippen LogP) is 3.62. The van der Waals surface area contributed by atoms with Crippen LogP contribution in [-0.4, -0.2) is 25.0 Å². The van der Waals surface area contributed by atoms with Crippen molar-refractivity contribution in [3.8, 4) is 11.5 Å². The first-order valence-corrected chi connectivity index (χ1v) is 6.95. The number of pyridine rings is 1. The molecule has 1 heterocycles. The molecule has 1 aromatic heterocycles. The first-order valence-electron chi connectivity index (χ1n) is 6.95. The molecule has 0 amide bonds. The number of nitrogens with zero attached hydrogens (tertiary/aromatic N) is 1. The van der Waals surface area contributed by atoms with Gasteiger partial charge in [0, 0.05) is 17.1 Å². The number of fused-ring (bicyclic) bond motifs is 1. The lowest BCUT2D eigenvalue weighted by Crippen LogP contribution is -2.05. The summed E-state index contributed by atoms with van der Waals surface area (Å²) in [5.74, 6) is 0.425. The molecular formula is C18H14FNO3. The van der Waals surface area contributed by atoms with Gasteiger partial charge < -0.3 is 9.47 Å². The minimum Gasteiger partial charge on any atom is -0.493 e. The maximum absolute atomic E-state index is 13.0. The Kier molecular flexibility index (Phi) is 3.93. The van der Waals surface area contributed by atoms with E-state index in [-0.39, 0.29) is 17.3 Å². The Labute approximate surface area is 132 Å². The average molecular weight is 311 g/mol. The standard InChI is InChI=1S/C18H14FNO3/c1-22-15-9-12-7-8-20-17(14(12)10-16(15)23-2)18(21)11-3-5-13(19)6-4-11/h3-10H,1-2H3. The summed E-state index contributed by atoms with van der Waals surface area (Å²) >= 11 is 0. The molecule has 3 aromatic rings. The number of aromatic nitrogens is 1. The molecule has 0 saturated carbocycles. The summed E-state index contributed by atoms with van der Waals surface area (Å²) in [6.45, 7) is 0. The second-order valence-electron chi connectivity index (χ2n) is 4.92. The normalized spacial score (nSPS) is 10.6. The zero-order valence-corrected chi connectivity index (χ0v) is 12.7. The van der Waals surface area contributed by atoms with Gasteiger partial charge in [0.1, 0.15) is 11.5 Å². The molecule has 23 heavy (non-hydrogen) atoms. The van der Waals surface area contributed by atoms with E-state index < -0.39 is 0 Å². The van der Waals surface area contributed by atoms with Crippen LogP contribution in [0, 0.1) is 5.82 Å². The van der Waals surface area contributed by atoms with E-state index in [9.17, 15) is 9.18 Å². The molecular weight excluding hydrogens is 297 g/mol. The molecule has 0 spiro atoms. The maximum Gasteiger partial charge on any atom is 0.211 e. The Morgan fingerprint density at radius 1 is 1.00 bits per heavy atom. The Balaban J connectivity index is 2.17. The fraction of sp³-hybridized carbons (Fsp3) is 0.111. The number of benzene rings is 2. The van der Waals surface area contributed by atoms with E-state index in [0.29, 0.717) is 22.4 Å². The highest BCUT2D eigenvalue weighted by atomic mass is 19.1.